The third kappa shape index (κ3) is 3.18. The van der Waals surface area contributed by atoms with E-state index >= 15 is 0 Å². The predicted octanol–water partition coefficient (Wildman–Crippen LogP) is 4.24. The van der Waals surface area contributed by atoms with Crippen molar-refractivity contribution in [1.29, 1.82) is 0 Å². The molecule has 0 aliphatic carbocycles. The van der Waals surface area contributed by atoms with Gasteiger partial charge in [-0.3, -0.25) is 0 Å². The first-order chi connectivity index (χ1) is 6.77. The largest absolute Gasteiger partial charge is 0.493 e. The molecule has 0 aliphatic rings. The van der Waals surface area contributed by atoms with Gasteiger partial charge in [-0.05, 0) is 31.6 Å². The van der Waals surface area contributed by atoms with Crippen molar-refractivity contribution in [1.82, 2.24) is 0 Å². The molecular formula is C12H15BrO. The van der Waals surface area contributed by atoms with E-state index in [0.717, 1.165) is 28.8 Å². The SMILES string of the molecule is CC=C(OCCC)c1cccc(Br)c1. The highest BCUT2D eigenvalue weighted by Gasteiger charge is 2.01. The zero-order chi connectivity index (χ0) is 10.4. The minimum Gasteiger partial charge on any atom is -0.493 e. The lowest BCUT2D eigenvalue weighted by molar-refractivity contribution is 0.277. The van der Waals surface area contributed by atoms with Crippen LogP contribution in [-0.2, 0) is 4.74 Å². The van der Waals surface area contributed by atoms with Crippen LogP contribution >= 0.6 is 15.9 Å². The molecule has 0 amide bonds. The van der Waals surface area contributed by atoms with Crippen LogP contribution in [0.25, 0.3) is 5.76 Å². The molecule has 0 spiro atoms. The van der Waals surface area contributed by atoms with Crippen LogP contribution in [0.1, 0.15) is 25.8 Å². The highest BCUT2D eigenvalue weighted by molar-refractivity contribution is 9.10. The van der Waals surface area contributed by atoms with Gasteiger partial charge in [-0.15, -0.1) is 0 Å². The molecule has 0 saturated heterocycles. The molecule has 1 nitrogen and oxygen atoms in total. The quantitative estimate of drug-likeness (QED) is 0.731. The fraction of sp³-hybridized carbons (Fsp3) is 0.333. The molecule has 0 unspecified atom stereocenters. The van der Waals surface area contributed by atoms with Crippen molar-refractivity contribution in [3.8, 4) is 0 Å². The fourth-order valence-electron chi connectivity index (χ4n) is 1.19. The summed E-state index contributed by atoms with van der Waals surface area (Å²) in [7, 11) is 0. The minimum absolute atomic E-state index is 0.770. The smallest absolute Gasteiger partial charge is 0.122 e. The molecule has 0 aliphatic heterocycles. The Balaban J connectivity index is 2.79. The van der Waals surface area contributed by atoms with Crippen LogP contribution in [-0.4, -0.2) is 6.61 Å². The van der Waals surface area contributed by atoms with Crippen molar-refractivity contribution in [2.75, 3.05) is 6.61 Å². The summed E-state index contributed by atoms with van der Waals surface area (Å²) in [4.78, 5) is 0. The van der Waals surface area contributed by atoms with Crippen LogP contribution in [0.2, 0.25) is 0 Å². The average molecular weight is 255 g/mol. The number of benzene rings is 1. The topological polar surface area (TPSA) is 9.23 Å². The van der Waals surface area contributed by atoms with Crippen LogP contribution in [0.15, 0.2) is 34.8 Å². The molecule has 0 saturated carbocycles. The maximum atomic E-state index is 5.62. The van der Waals surface area contributed by atoms with Gasteiger partial charge in [0.2, 0.25) is 0 Å². The van der Waals surface area contributed by atoms with Gasteiger partial charge in [0.25, 0.3) is 0 Å². The first-order valence-electron chi connectivity index (χ1n) is 4.83. The molecular weight excluding hydrogens is 240 g/mol. The Kier molecular flexibility index (Phi) is 4.74. The first kappa shape index (κ1) is 11.3. The summed E-state index contributed by atoms with van der Waals surface area (Å²) in [6.45, 7) is 4.87. The Hall–Kier alpha value is -0.760. The van der Waals surface area contributed by atoms with E-state index in [2.05, 4.69) is 35.0 Å². The van der Waals surface area contributed by atoms with Crippen molar-refractivity contribution in [3.05, 3.63) is 40.4 Å². The first-order valence-corrected chi connectivity index (χ1v) is 5.62. The van der Waals surface area contributed by atoms with Crippen LogP contribution < -0.4 is 0 Å². The highest BCUT2D eigenvalue weighted by atomic mass is 79.9. The van der Waals surface area contributed by atoms with Crippen molar-refractivity contribution < 1.29 is 4.74 Å². The summed E-state index contributed by atoms with van der Waals surface area (Å²) in [6.07, 6.45) is 3.03. The maximum absolute atomic E-state index is 5.62. The molecule has 1 rings (SSSR count). The summed E-state index contributed by atoms with van der Waals surface area (Å²) >= 11 is 3.45. The van der Waals surface area contributed by atoms with Crippen LogP contribution in [0.3, 0.4) is 0 Å². The summed E-state index contributed by atoms with van der Waals surface area (Å²) in [5.74, 6) is 0.952. The van der Waals surface area contributed by atoms with Gasteiger partial charge in [-0.1, -0.05) is 35.0 Å². The molecule has 0 bridgehead atoms. The molecule has 14 heavy (non-hydrogen) atoms. The predicted molar refractivity (Wildman–Crippen MR) is 64.0 cm³/mol. The molecule has 0 radical (unpaired) electrons. The average Bonchev–Trinajstić information content (AvgIpc) is 2.19. The van der Waals surface area contributed by atoms with Crippen LogP contribution in [0.5, 0.6) is 0 Å². The van der Waals surface area contributed by atoms with E-state index in [1.165, 1.54) is 0 Å². The van der Waals surface area contributed by atoms with Crippen molar-refractivity contribution in [3.63, 3.8) is 0 Å². The van der Waals surface area contributed by atoms with Crippen molar-refractivity contribution >= 4 is 21.7 Å². The minimum atomic E-state index is 0.770. The molecule has 0 atom stereocenters. The molecule has 0 fully saturated rings. The van der Waals surface area contributed by atoms with E-state index in [1.807, 2.05) is 25.1 Å². The maximum Gasteiger partial charge on any atom is 0.122 e. The van der Waals surface area contributed by atoms with Crippen molar-refractivity contribution in [2.45, 2.75) is 20.3 Å². The van der Waals surface area contributed by atoms with Crippen LogP contribution in [0.4, 0.5) is 0 Å². The lowest BCUT2D eigenvalue weighted by Crippen LogP contribution is -1.93. The number of allylic oxidation sites excluding steroid dienone is 1. The number of halogens is 1. The third-order valence-electron chi connectivity index (χ3n) is 1.83. The van der Waals surface area contributed by atoms with Gasteiger partial charge in [0.15, 0.2) is 0 Å². The number of rotatable bonds is 4. The van der Waals surface area contributed by atoms with E-state index in [0.29, 0.717) is 0 Å². The van der Waals surface area contributed by atoms with E-state index < -0.39 is 0 Å². The lowest BCUT2D eigenvalue weighted by atomic mass is 10.2. The second kappa shape index (κ2) is 5.86. The zero-order valence-electron chi connectivity index (χ0n) is 8.59. The molecule has 0 N–H and O–H groups in total. The molecule has 0 heterocycles. The Labute approximate surface area is 93.9 Å². The Morgan fingerprint density at radius 2 is 2.29 bits per heavy atom. The molecule has 1 aromatic rings. The van der Waals surface area contributed by atoms with E-state index in [9.17, 15) is 0 Å². The number of ether oxygens (including phenoxy) is 1. The zero-order valence-corrected chi connectivity index (χ0v) is 10.2. The van der Waals surface area contributed by atoms with Gasteiger partial charge in [-0.2, -0.15) is 0 Å². The molecule has 76 valence electrons. The van der Waals surface area contributed by atoms with Gasteiger partial charge >= 0.3 is 0 Å². The van der Waals surface area contributed by atoms with E-state index in [-0.39, 0.29) is 0 Å². The third-order valence-corrected chi connectivity index (χ3v) is 2.33. The lowest BCUT2D eigenvalue weighted by Gasteiger charge is -2.09. The van der Waals surface area contributed by atoms with Crippen LogP contribution in [0, 0.1) is 0 Å². The summed E-state index contributed by atoms with van der Waals surface area (Å²) in [6, 6.07) is 8.13. The standard InChI is InChI=1S/C12H15BrO/c1-3-8-14-12(4-2)10-6-5-7-11(13)9-10/h4-7,9H,3,8H2,1-2H3. The van der Waals surface area contributed by atoms with Gasteiger partial charge in [0.05, 0.1) is 6.61 Å². The van der Waals surface area contributed by atoms with Gasteiger partial charge < -0.3 is 4.74 Å². The molecule has 1 aromatic carbocycles. The second-order valence-electron chi connectivity index (χ2n) is 3.01. The Morgan fingerprint density at radius 3 is 2.86 bits per heavy atom. The van der Waals surface area contributed by atoms with Gasteiger partial charge in [-0.25, -0.2) is 0 Å². The Morgan fingerprint density at radius 1 is 1.50 bits per heavy atom. The summed E-state index contributed by atoms with van der Waals surface area (Å²) < 4.78 is 6.70. The summed E-state index contributed by atoms with van der Waals surface area (Å²) in [5, 5.41) is 0. The molecule has 2 heteroatoms. The van der Waals surface area contributed by atoms with E-state index in [4.69, 9.17) is 4.74 Å². The van der Waals surface area contributed by atoms with Gasteiger partial charge in [0, 0.05) is 10.0 Å². The van der Waals surface area contributed by atoms with Gasteiger partial charge in [0.1, 0.15) is 5.76 Å². The second-order valence-corrected chi connectivity index (χ2v) is 3.93. The highest BCUT2D eigenvalue weighted by Crippen LogP contribution is 2.20. The molecule has 0 aromatic heterocycles. The monoisotopic (exact) mass is 254 g/mol. The number of hydrogen-bond donors (Lipinski definition) is 0. The summed E-state index contributed by atoms with van der Waals surface area (Å²) in [5.41, 5.74) is 1.12. The van der Waals surface area contributed by atoms with E-state index in [1.54, 1.807) is 0 Å². The Bertz CT molecular complexity index is 318. The van der Waals surface area contributed by atoms with Crippen molar-refractivity contribution in [2.24, 2.45) is 0 Å². The number of hydrogen-bond acceptors (Lipinski definition) is 1. The fourth-order valence-corrected chi connectivity index (χ4v) is 1.59. The normalized spacial score (nSPS) is 11.5.